The standard InChI is InChI=1S/C11H13Br2NO/c1-7(12)11(15)14-8(2)9-4-3-5-10(13)6-9/h3-8H,1-2H3,(H,14,15). The van der Waals surface area contributed by atoms with Gasteiger partial charge >= 0.3 is 0 Å². The average molecular weight is 335 g/mol. The number of hydrogen-bond acceptors (Lipinski definition) is 1. The van der Waals surface area contributed by atoms with Gasteiger partial charge in [-0.3, -0.25) is 4.79 Å². The minimum absolute atomic E-state index is 0.00229. The highest BCUT2D eigenvalue weighted by Crippen LogP contribution is 2.18. The molecule has 0 aliphatic heterocycles. The first kappa shape index (κ1) is 12.7. The molecule has 0 spiro atoms. The number of rotatable bonds is 3. The Morgan fingerprint density at radius 1 is 1.40 bits per heavy atom. The van der Waals surface area contributed by atoms with E-state index in [1.54, 1.807) is 0 Å². The summed E-state index contributed by atoms with van der Waals surface area (Å²) in [4.78, 5) is 11.3. The van der Waals surface area contributed by atoms with Crippen LogP contribution in [0.4, 0.5) is 0 Å². The van der Waals surface area contributed by atoms with Crippen molar-refractivity contribution < 1.29 is 4.79 Å². The van der Waals surface area contributed by atoms with E-state index in [1.807, 2.05) is 38.1 Å². The molecule has 0 bridgehead atoms. The summed E-state index contributed by atoms with van der Waals surface area (Å²) in [5.41, 5.74) is 1.09. The summed E-state index contributed by atoms with van der Waals surface area (Å²) in [5.74, 6) is 0.00229. The number of hydrogen-bond donors (Lipinski definition) is 1. The lowest BCUT2D eigenvalue weighted by Crippen LogP contribution is -2.31. The van der Waals surface area contributed by atoms with Crippen LogP contribution >= 0.6 is 31.9 Å². The largest absolute Gasteiger partial charge is 0.349 e. The number of carbonyl (C=O) groups excluding carboxylic acids is 1. The molecule has 0 radical (unpaired) electrons. The van der Waals surface area contributed by atoms with Crippen molar-refractivity contribution in [3.05, 3.63) is 34.3 Å². The summed E-state index contributed by atoms with van der Waals surface area (Å²) in [6, 6.07) is 7.94. The van der Waals surface area contributed by atoms with Gasteiger partial charge in [-0.2, -0.15) is 0 Å². The molecule has 0 fully saturated rings. The van der Waals surface area contributed by atoms with E-state index in [-0.39, 0.29) is 16.8 Å². The van der Waals surface area contributed by atoms with Gasteiger partial charge in [-0.05, 0) is 31.5 Å². The van der Waals surface area contributed by atoms with Gasteiger partial charge in [-0.1, -0.05) is 44.0 Å². The van der Waals surface area contributed by atoms with Gasteiger partial charge in [0.15, 0.2) is 0 Å². The van der Waals surface area contributed by atoms with Crippen LogP contribution in [0.1, 0.15) is 25.5 Å². The van der Waals surface area contributed by atoms with E-state index < -0.39 is 0 Å². The number of amides is 1. The molecule has 1 rings (SSSR count). The average Bonchev–Trinajstić information content (AvgIpc) is 2.17. The van der Waals surface area contributed by atoms with E-state index in [0.29, 0.717) is 0 Å². The predicted molar refractivity (Wildman–Crippen MR) is 69.1 cm³/mol. The summed E-state index contributed by atoms with van der Waals surface area (Å²) < 4.78 is 1.02. The maximum absolute atomic E-state index is 11.4. The van der Waals surface area contributed by atoms with Crippen molar-refractivity contribution in [2.45, 2.75) is 24.7 Å². The third kappa shape index (κ3) is 3.95. The second kappa shape index (κ2) is 5.66. The quantitative estimate of drug-likeness (QED) is 0.843. The monoisotopic (exact) mass is 333 g/mol. The second-order valence-electron chi connectivity index (χ2n) is 3.40. The van der Waals surface area contributed by atoms with Crippen molar-refractivity contribution in [1.82, 2.24) is 5.32 Å². The Hall–Kier alpha value is -0.350. The normalized spacial score (nSPS) is 14.4. The van der Waals surface area contributed by atoms with Crippen molar-refractivity contribution in [1.29, 1.82) is 0 Å². The lowest BCUT2D eigenvalue weighted by atomic mass is 10.1. The third-order valence-electron chi connectivity index (χ3n) is 2.07. The van der Waals surface area contributed by atoms with Gasteiger partial charge in [-0.15, -0.1) is 0 Å². The molecule has 2 unspecified atom stereocenters. The number of nitrogens with one attached hydrogen (secondary N) is 1. The van der Waals surface area contributed by atoms with Crippen LogP contribution in [0.5, 0.6) is 0 Å². The van der Waals surface area contributed by atoms with Gasteiger partial charge in [0.25, 0.3) is 0 Å². The molecule has 0 saturated carbocycles. The molecular formula is C11H13Br2NO. The second-order valence-corrected chi connectivity index (χ2v) is 5.69. The summed E-state index contributed by atoms with van der Waals surface area (Å²) in [5, 5.41) is 2.92. The van der Waals surface area contributed by atoms with E-state index in [4.69, 9.17) is 0 Å². The molecule has 0 aliphatic carbocycles. The molecule has 2 atom stereocenters. The van der Waals surface area contributed by atoms with Gasteiger partial charge in [0.2, 0.25) is 5.91 Å². The number of alkyl halides is 1. The van der Waals surface area contributed by atoms with E-state index in [9.17, 15) is 4.79 Å². The number of carbonyl (C=O) groups is 1. The molecule has 0 heterocycles. The van der Waals surface area contributed by atoms with Crippen molar-refractivity contribution in [3.8, 4) is 0 Å². The highest BCUT2D eigenvalue weighted by Gasteiger charge is 2.13. The molecule has 2 nitrogen and oxygen atoms in total. The van der Waals surface area contributed by atoms with Crippen LogP contribution in [-0.2, 0) is 4.79 Å². The van der Waals surface area contributed by atoms with Crippen molar-refractivity contribution in [3.63, 3.8) is 0 Å². The Balaban J connectivity index is 2.69. The van der Waals surface area contributed by atoms with Crippen LogP contribution in [-0.4, -0.2) is 10.7 Å². The number of halogens is 2. The molecule has 1 aromatic rings. The molecule has 15 heavy (non-hydrogen) atoms. The molecule has 1 amide bonds. The highest BCUT2D eigenvalue weighted by atomic mass is 79.9. The Bertz CT molecular complexity index is 352. The Morgan fingerprint density at radius 2 is 2.07 bits per heavy atom. The van der Waals surface area contributed by atoms with Crippen molar-refractivity contribution in [2.75, 3.05) is 0 Å². The third-order valence-corrected chi connectivity index (χ3v) is 2.98. The Morgan fingerprint density at radius 3 is 2.60 bits per heavy atom. The molecule has 82 valence electrons. The van der Waals surface area contributed by atoms with Gasteiger partial charge < -0.3 is 5.32 Å². The lowest BCUT2D eigenvalue weighted by molar-refractivity contribution is -0.120. The first-order chi connectivity index (χ1) is 7.00. The lowest BCUT2D eigenvalue weighted by Gasteiger charge is -2.15. The van der Waals surface area contributed by atoms with Crippen LogP contribution in [0.3, 0.4) is 0 Å². The molecule has 0 aromatic heterocycles. The van der Waals surface area contributed by atoms with Crippen LogP contribution < -0.4 is 5.32 Å². The minimum Gasteiger partial charge on any atom is -0.349 e. The molecule has 0 saturated heterocycles. The summed E-state index contributed by atoms with van der Waals surface area (Å²) in [7, 11) is 0. The Labute approximate surface area is 107 Å². The molecule has 4 heteroatoms. The van der Waals surface area contributed by atoms with E-state index >= 15 is 0 Å². The molecule has 1 N–H and O–H groups in total. The molecule has 1 aromatic carbocycles. The van der Waals surface area contributed by atoms with Crippen LogP contribution in [0.15, 0.2) is 28.7 Å². The molecule has 0 aliphatic rings. The maximum Gasteiger partial charge on any atom is 0.233 e. The van der Waals surface area contributed by atoms with Crippen LogP contribution in [0.2, 0.25) is 0 Å². The maximum atomic E-state index is 11.4. The van der Waals surface area contributed by atoms with Crippen LogP contribution in [0, 0.1) is 0 Å². The fourth-order valence-corrected chi connectivity index (χ4v) is 1.74. The first-order valence-corrected chi connectivity index (χ1v) is 6.41. The van der Waals surface area contributed by atoms with Gasteiger partial charge in [-0.25, -0.2) is 0 Å². The zero-order chi connectivity index (χ0) is 11.4. The first-order valence-electron chi connectivity index (χ1n) is 4.70. The topological polar surface area (TPSA) is 29.1 Å². The van der Waals surface area contributed by atoms with Crippen molar-refractivity contribution >= 4 is 37.8 Å². The zero-order valence-electron chi connectivity index (χ0n) is 8.63. The van der Waals surface area contributed by atoms with Crippen molar-refractivity contribution in [2.24, 2.45) is 0 Å². The van der Waals surface area contributed by atoms with Gasteiger partial charge in [0, 0.05) is 4.47 Å². The number of benzene rings is 1. The predicted octanol–water partition coefficient (Wildman–Crippen LogP) is 3.41. The Kier molecular flexibility index (Phi) is 4.80. The van der Waals surface area contributed by atoms with E-state index in [0.717, 1.165) is 10.0 Å². The smallest absolute Gasteiger partial charge is 0.233 e. The summed E-state index contributed by atoms with van der Waals surface area (Å²) >= 11 is 6.64. The van der Waals surface area contributed by atoms with Gasteiger partial charge in [0.05, 0.1) is 10.9 Å². The van der Waals surface area contributed by atoms with E-state index in [2.05, 4.69) is 37.2 Å². The van der Waals surface area contributed by atoms with Crippen LogP contribution in [0.25, 0.3) is 0 Å². The zero-order valence-corrected chi connectivity index (χ0v) is 11.8. The molecular weight excluding hydrogens is 322 g/mol. The summed E-state index contributed by atoms with van der Waals surface area (Å²) in [6.45, 7) is 3.78. The fraction of sp³-hybridized carbons (Fsp3) is 0.364. The SMILES string of the molecule is CC(Br)C(=O)NC(C)c1cccc(Br)c1. The van der Waals surface area contributed by atoms with Gasteiger partial charge in [0.1, 0.15) is 0 Å². The minimum atomic E-state index is -0.160. The summed E-state index contributed by atoms with van der Waals surface area (Å²) in [6.07, 6.45) is 0. The highest BCUT2D eigenvalue weighted by molar-refractivity contribution is 9.10. The van der Waals surface area contributed by atoms with E-state index in [1.165, 1.54) is 0 Å². The fourth-order valence-electron chi connectivity index (χ4n) is 1.19.